The minimum atomic E-state index is -4.52. The van der Waals surface area contributed by atoms with Gasteiger partial charge in [0.25, 0.3) is 10.0 Å². The maximum absolute atomic E-state index is 12.7. The van der Waals surface area contributed by atoms with Crippen molar-refractivity contribution in [3.8, 4) is 0 Å². The smallest absolute Gasteiger partial charge is 0.382 e. The second-order valence-electron chi connectivity index (χ2n) is 6.87. The van der Waals surface area contributed by atoms with Crippen LogP contribution in [0, 0.1) is 6.92 Å². The molecular weight excluding hydrogens is 465 g/mol. The molecule has 0 aliphatic carbocycles. The molecule has 6 nitrogen and oxygen atoms in total. The number of hydrogen-bond donors (Lipinski definition) is 3. The maximum atomic E-state index is 12.7. The molecule has 3 aromatic rings. The van der Waals surface area contributed by atoms with Crippen LogP contribution >= 0.6 is 11.6 Å². The highest BCUT2D eigenvalue weighted by Crippen LogP contribution is 2.32. The Morgan fingerprint density at radius 3 is 2.22 bits per heavy atom. The number of pyridine rings is 1. The van der Waals surface area contributed by atoms with E-state index in [0.29, 0.717) is 24.1 Å². The van der Waals surface area contributed by atoms with Crippen molar-refractivity contribution in [3.63, 3.8) is 0 Å². The first-order chi connectivity index (χ1) is 15.1. The Hall–Kier alpha value is -2.98. The van der Waals surface area contributed by atoms with Crippen LogP contribution < -0.4 is 15.4 Å². The third-order valence-electron chi connectivity index (χ3n) is 4.40. The molecule has 0 radical (unpaired) electrons. The van der Waals surface area contributed by atoms with Crippen molar-refractivity contribution < 1.29 is 21.6 Å². The molecule has 0 amide bonds. The number of aryl methyl sites for hydroxylation is 1. The molecular formula is C21H20ClF3N4O2S. The highest BCUT2D eigenvalue weighted by Gasteiger charge is 2.31. The monoisotopic (exact) mass is 484 g/mol. The fourth-order valence-electron chi connectivity index (χ4n) is 2.75. The molecule has 0 fully saturated rings. The van der Waals surface area contributed by atoms with E-state index >= 15 is 0 Å². The molecule has 1 aromatic heterocycles. The molecule has 11 heteroatoms. The summed E-state index contributed by atoms with van der Waals surface area (Å²) in [6.07, 6.45) is -3.82. The number of anilines is 3. The van der Waals surface area contributed by atoms with Crippen molar-refractivity contribution in [2.75, 3.05) is 28.4 Å². The van der Waals surface area contributed by atoms with Crippen LogP contribution in [0.2, 0.25) is 5.02 Å². The Morgan fingerprint density at radius 1 is 0.969 bits per heavy atom. The lowest BCUT2D eigenvalue weighted by atomic mass is 10.2. The van der Waals surface area contributed by atoms with Gasteiger partial charge in [-0.25, -0.2) is 13.4 Å². The van der Waals surface area contributed by atoms with Gasteiger partial charge in [-0.3, -0.25) is 4.72 Å². The molecule has 0 saturated heterocycles. The molecule has 0 spiro atoms. The van der Waals surface area contributed by atoms with Crippen LogP contribution in [0.1, 0.15) is 11.1 Å². The number of nitrogens with zero attached hydrogens (tertiary/aromatic N) is 1. The lowest BCUT2D eigenvalue weighted by molar-refractivity contribution is -0.137. The summed E-state index contributed by atoms with van der Waals surface area (Å²) in [5, 5.41) is 5.78. The largest absolute Gasteiger partial charge is 0.417 e. The van der Waals surface area contributed by atoms with E-state index in [1.807, 2.05) is 6.92 Å². The van der Waals surface area contributed by atoms with Gasteiger partial charge in [0.15, 0.2) is 0 Å². The zero-order valence-corrected chi connectivity index (χ0v) is 18.4. The number of aromatic nitrogens is 1. The predicted octanol–water partition coefficient (Wildman–Crippen LogP) is 5.39. The van der Waals surface area contributed by atoms with Gasteiger partial charge >= 0.3 is 6.18 Å². The quantitative estimate of drug-likeness (QED) is 0.373. The van der Waals surface area contributed by atoms with Crippen molar-refractivity contribution in [1.82, 2.24) is 4.98 Å². The Balaban J connectivity index is 1.62. The molecule has 0 aliphatic rings. The molecule has 0 saturated carbocycles. The molecule has 0 atom stereocenters. The number of alkyl halides is 3. The zero-order valence-electron chi connectivity index (χ0n) is 16.9. The van der Waals surface area contributed by atoms with Gasteiger partial charge in [-0.2, -0.15) is 13.2 Å². The van der Waals surface area contributed by atoms with E-state index in [1.165, 1.54) is 12.1 Å². The summed E-state index contributed by atoms with van der Waals surface area (Å²) in [4.78, 5) is 3.85. The minimum absolute atomic E-state index is 0.120. The van der Waals surface area contributed by atoms with E-state index in [4.69, 9.17) is 11.6 Å². The van der Waals surface area contributed by atoms with Crippen LogP contribution in [0.5, 0.6) is 0 Å². The normalized spacial score (nSPS) is 11.8. The second kappa shape index (κ2) is 9.66. The number of hydrogen-bond acceptors (Lipinski definition) is 5. The number of benzene rings is 2. The number of nitrogens with one attached hydrogen (secondary N) is 3. The number of para-hydroxylation sites is 2. The lowest BCUT2D eigenvalue weighted by Gasteiger charge is -2.15. The van der Waals surface area contributed by atoms with Crippen molar-refractivity contribution in [1.29, 1.82) is 0 Å². The first-order valence-electron chi connectivity index (χ1n) is 9.45. The van der Waals surface area contributed by atoms with Gasteiger partial charge in [0.1, 0.15) is 5.82 Å². The van der Waals surface area contributed by atoms with Crippen molar-refractivity contribution >= 4 is 38.8 Å². The van der Waals surface area contributed by atoms with E-state index in [-0.39, 0.29) is 22.3 Å². The third kappa shape index (κ3) is 6.04. The number of rotatable bonds is 8. The van der Waals surface area contributed by atoms with Crippen LogP contribution in [-0.4, -0.2) is 26.5 Å². The third-order valence-corrected chi connectivity index (χ3v) is 6.07. The first kappa shape index (κ1) is 23.7. The average Bonchev–Trinajstić information content (AvgIpc) is 2.72. The summed E-state index contributed by atoms with van der Waals surface area (Å²) < 4.78 is 66.0. The van der Waals surface area contributed by atoms with E-state index in [0.717, 1.165) is 11.6 Å². The van der Waals surface area contributed by atoms with E-state index in [9.17, 15) is 21.6 Å². The van der Waals surface area contributed by atoms with Gasteiger partial charge < -0.3 is 10.6 Å². The molecule has 2 aromatic carbocycles. The van der Waals surface area contributed by atoms with Gasteiger partial charge in [-0.1, -0.05) is 41.4 Å². The molecule has 3 rings (SSSR count). The van der Waals surface area contributed by atoms with Crippen LogP contribution in [0.4, 0.5) is 30.4 Å². The highest BCUT2D eigenvalue weighted by molar-refractivity contribution is 7.92. The summed E-state index contributed by atoms with van der Waals surface area (Å²) in [6, 6.07) is 14.0. The van der Waals surface area contributed by atoms with Gasteiger partial charge in [-0.15, -0.1) is 0 Å². The Labute approximate surface area is 188 Å². The van der Waals surface area contributed by atoms with Crippen LogP contribution in [0.15, 0.2) is 65.7 Å². The highest BCUT2D eigenvalue weighted by atomic mass is 35.5. The maximum Gasteiger partial charge on any atom is 0.417 e. The SMILES string of the molecule is Cc1ccc(S(=O)(=O)Nc2ccccc2NCCNc2ncc(C(F)(F)F)cc2Cl)cc1. The topological polar surface area (TPSA) is 83.1 Å². The Kier molecular flexibility index (Phi) is 7.15. The molecule has 0 aliphatic heterocycles. The van der Waals surface area contributed by atoms with Crippen molar-refractivity contribution in [3.05, 3.63) is 76.9 Å². The van der Waals surface area contributed by atoms with E-state index < -0.39 is 21.8 Å². The van der Waals surface area contributed by atoms with Gasteiger partial charge in [0.2, 0.25) is 0 Å². The summed E-state index contributed by atoms with van der Waals surface area (Å²) in [7, 11) is -3.77. The molecule has 1 heterocycles. The van der Waals surface area contributed by atoms with Gasteiger partial charge in [0, 0.05) is 19.3 Å². The summed E-state index contributed by atoms with van der Waals surface area (Å²) in [5.74, 6) is 0.120. The fraction of sp³-hybridized carbons (Fsp3) is 0.190. The summed E-state index contributed by atoms with van der Waals surface area (Å²) >= 11 is 5.88. The second-order valence-corrected chi connectivity index (χ2v) is 8.96. The average molecular weight is 485 g/mol. The number of halogens is 4. The zero-order chi connectivity index (χ0) is 23.4. The van der Waals surface area contributed by atoms with E-state index in [2.05, 4.69) is 20.3 Å². The Morgan fingerprint density at radius 2 is 1.59 bits per heavy atom. The van der Waals surface area contributed by atoms with Crippen LogP contribution in [-0.2, 0) is 16.2 Å². The number of sulfonamides is 1. The predicted molar refractivity (Wildman–Crippen MR) is 120 cm³/mol. The molecule has 0 bridgehead atoms. The molecule has 3 N–H and O–H groups in total. The lowest BCUT2D eigenvalue weighted by Crippen LogP contribution is -2.18. The van der Waals surface area contributed by atoms with Gasteiger partial charge in [-0.05, 0) is 37.3 Å². The summed E-state index contributed by atoms with van der Waals surface area (Å²) in [6.45, 7) is 2.46. The molecule has 170 valence electrons. The van der Waals surface area contributed by atoms with Crippen LogP contribution in [0.3, 0.4) is 0 Å². The minimum Gasteiger partial charge on any atom is -0.382 e. The van der Waals surface area contributed by atoms with Crippen molar-refractivity contribution in [2.45, 2.75) is 18.0 Å². The molecule has 0 unspecified atom stereocenters. The summed E-state index contributed by atoms with van der Waals surface area (Å²) in [5.41, 5.74) is 0.914. The van der Waals surface area contributed by atoms with E-state index in [1.54, 1.807) is 36.4 Å². The van der Waals surface area contributed by atoms with Crippen molar-refractivity contribution in [2.24, 2.45) is 0 Å². The standard InChI is InChI=1S/C21H20ClF3N4O2S/c1-14-6-8-16(9-7-14)32(30,31)29-19-5-3-2-4-18(19)26-10-11-27-20-17(22)12-15(13-28-20)21(23,24)25/h2-9,12-13,26,29H,10-11H2,1H3,(H,27,28). The van der Waals surface area contributed by atoms with Crippen LogP contribution in [0.25, 0.3) is 0 Å². The fourth-order valence-corrected chi connectivity index (χ4v) is 4.06. The first-order valence-corrected chi connectivity index (χ1v) is 11.3. The molecule has 32 heavy (non-hydrogen) atoms. The Bertz CT molecular complexity index is 1190. The van der Waals surface area contributed by atoms with Gasteiger partial charge in [0.05, 0.1) is 26.9 Å².